The molecular weight excluding hydrogens is 372 g/mol. The summed E-state index contributed by atoms with van der Waals surface area (Å²) in [5.74, 6) is 1.56. The lowest BCUT2D eigenvalue weighted by molar-refractivity contribution is 0.327. The third-order valence-electron chi connectivity index (χ3n) is 4.64. The Hall–Kier alpha value is -3.26. The molecule has 0 amide bonds. The normalized spacial score (nSPS) is 10.8. The van der Waals surface area contributed by atoms with E-state index in [2.05, 4.69) is 27.4 Å². The predicted molar refractivity (Wildman–Crippen MR) is 113 cm³/mol. The molecule has 8 heteroatoms. The summed E-state index contributed by atoms with van der Waals surface area (Å²) in [6.45, 7) is 1.39. The molecule has 0 saturated carbocycles. The maximum atomic E-state index is 12.8. The van der Waals surface area contributed by atoms with Gasteiger partial charge in [0.05, 0.1) is 26.8 Å². The molecule has 0 radical (unpaired) electrons. The second kappa shape index (κ2) is 8.83. The first-order valence-corrected chi connectivity index (χ1v) is 9.18. The van der Waals surface area contributed by atoms with Gasteiger partial charge in [0.15, 0.2) is 11.5 Å². The number of fused-ring (bicyclic) bond motifs is 1. The van der Waals surface area contributed by atoms with Crippen molar-refractivity contribution in [3.05, 3.63) is 51.8 Å². The molecule has 0 saturated heterocycles. The van der Waals surface area contributed by atoms with Crippen molar-refractivity contribution in [2.45, 2.75) is 13.1 Å². The summed E-state index contributed by atoms with van der Waals surface area (Å²) in [6.07, 6.45) is 0. The number of anilines is 1. The highest BCUT2D eigenvalue weighted by atomic mass is 16.5. The fourth-order valence-electron chi connectivity index (χ4n) is 3.33. The Morgan fingerprint density at radius 3 is 2.45 bits per heavy atom. The number of ether oxygens (including phenoxy) is 3. The molecule has 154 valence electrons. The van der Waals surface area contributed by atoms with Gasteiger partial charge < -0.3 is 24.4 Å². The third-order valence-corrected chi connectivity index (χ3v) is 4.64. The van der Waals surface area contributed by atoms with Crippen molar-refractivity contribution in [3.63, 3.8) is 0 Å². The van der Waals surface area contributed by atoms with Crippen LogP contribution < -0.4 is 30.0 Å². The number of hydrogen-bond donors (Lipinski definition) is 2. The zero-order valence-corrected chi connectivity index (χ0v) is 17.3. The number of methoxy groups -OCH3 is 3. The quantitative estimate of drug-likeness (QED) is 0.602. The van der Waals surface area contributed by atoms with Crippen molar-refractivity contribution in [3.8, 4) is 17.2 Å². The minimum absolute atomic E-state index is 0.296. The van der Waals surface area contributed by atoms with Gasteiger partial charge in [-0.1, -0.05) is 24.3 Å². The van der Waals surface area contributed by atoms with Gasteiger partial charge in [-0.3, -0.25) is 9.78 Å². The Bertz CT molecular complexity index is 1060. The Kier molecular flexibility index (Phi) is 6.23. The highest BCUT2D eigenvalue weighted by molar-refractivity contribution is 5.90. The molecule has 1 aromatic heterocycles. The van der Waals surface area contributed by atoms with Crippen LogP contribution in [0.25, 0.3) is 10.9 Å². The SMILES string of the molecule is CNCc1cccc(CN(C)c2nc3cc(OC)c(OC)c(OC)c3c(=O)[nH]2)c1. The van der Waals surface area contributed by atoms with E-state index < -0.39 is 0 Å². The summed E-state index contributed by atoms with van der Waals surface area (Å²) < 4.78 is 16.2. The fourth-order valence-corrected chi connectivity index (χ4v) is 3.33. The Morgan fingerprint density at radius 1 is 1.07 bits per heavy atom. The molecule has 0 atom stereocenters. The van der Waals surface area contributed by atoms with Crippen LogP contribution in [0.4, 0.5) is 5.95 Å². The number of hydrogen-bond acceptors (Lipinski definition) is 7. The van der Waals surface area contributed by atoms with E-state index >= 15 is 0 Å². The highest BCUT2D eigenvalue weighted by Gasteiger charge is 2.20. The lowest BCUT2D eigenvalue weighted by atomic mass is 10.1. The van der Waals surface area contributed by atoms with Crippen LogP contribution in [-0.4, -0.2) is 45.4 Å². The number of nitrogens with one attached hydrogen (secondary N) is 2. The molecule has 8 nitrogen and oxygen atoms in total. The maximum absolute atomic E-state index is 12.8. The van der Waals surface area contributed by atoms with Gasteiger partial charge in [-0.15, -0.1) is 0 Å². The van der Waals surface area contributed by atoms with E-state index in [1.807, 2.05) is 31.1 Å². The minimum Gasteiger partial charge on any atom is -0.493 e. The summed E-state index contributed by atoms with van der Waals surface area (Å²) >= 11 is 0. The second-order valence-corrected chi connectivity index (χ2v) is 6.64. The molecule has 0 aliphatic heterocycles. The average Bonchev–Trinajstić information content (AvgIpc) is 2.72. The number of aromatic amines is 1. The van der Waals surface area contributed by atoms with Crippen molar-refractivity contribution in [2.75, 3.05) is 40.3 Å². The molecule has 2 aromatic carbocycles. The molecule has 2 N–H and O–H groups in total. The summed E-state index contributed by atoms with van der Waals surface area (Å²) in [5.41, 5.74) is 2.47. The van der Waals surface area contributed by atoms with Crippen molar-refractivity contribution >= 4 is 16.9 Å². The zero-order valence-electron chi connectivity index (χ0n) is 17.3. The Morgan fingerprint density at radius 2 is 1.79 bits per heavy atom. The number of nitrogens with zero attached hydrogens (tertiary/aromatic N) is 2. The van der Waals surface area contributed by atoms with E-state index in [4.69, 9.17) is 14.2 Å². The van der Waals surface area contributed by atoms with E-state index in [0.717, 1.165) is 12.1 Å². The second-order valence-electron chi connectivity index (χ2n) is 6.64. The predicted octanol–water partition coefficient (Wildman–Crippen LogP) is 2.30. The van der Waals surface area contributed by atoms with Crippen molar-refractivity contribution in [1.82, 2.24) is 15.3 Å². The molecule has 3 aromatic rings. The standard InChI is InChI=1S/C21H26N4O4/c1-22-11-13-7-6-8-14(9-13)12-25(2)21-23-15-10-16(27-3)18(28-4)19(29-5)17(15)20(26)24-21/h6-10,22H,11-12H2,1-5H3,(H,23,24,26). The van der Waals surface area contributed by atoms with Gasteiger partial charge in [0.25, 0.3) is 5.56 Å². The minimum atomic E-state index is -0.307. The van der Waals surface area contributed by atoms with Gasteiger partial charge in [0.1, 0.15) is 5.39 Å². The van der Waals surface area contributed by atoms with Gasteiger partial charge in [-0.05, 0) is 18.2 Å². The molecule has 29 heavy (non-hydrogen) atoms. The molecule has 0 aliphatic rings. The van der Waals surface area contributed by atoms with Crippen LogP contribution in [0.15, 0.2) is 35.1 Å². The molecule has 0 bridgehead atoms. The van der Waals surface area contributed by atoms with Crippen LogP contribution in [0.3, 0.4) is 0 Å². The first-order valence-electron chi connectivity index (χ1n) is 9.18. The number of rotatable bonds is 8. The van der Waals surface area contributed by atoms with E-state index in [1.165, 1.54) is 26.9 Å². The Balaban J connectivity index is 2.02. The summed E-state index contributed by atoms with van der Waals surface area (Å²) in [6, 6.07) is 9.95. The van der Waals surface area contributed by atoms with Gasteiger partial charge >= 0.3 is 0 Å². The fraction of sp³-hybridized carbons (Fsp3) is 0.333. The zero-order chi connectivity index (χ0) is 21.0. The van der Waals surface area contributed by atoms with E-state index in [-0.39, 0.29) is 5.56 Å². The lowest BCUT2D eigenvalue weighted by Gasteiger charge is -2.19. The summed E-state index contributed by atoms with van der Waals surface area (Å²) in [5, 5.41) is 3.47. The van der Waals surface area contributed by atoms with Crippen LogP contribution in [0.1, 0.15) is 11.1 Å². The van der Waals surface area contributed by atoms with Crippen LogP contribution in [0.5, 0.6) is 17.2 Å². The molecule has 0 fully saturated rings. The molecule has 3 rings (SSSR count). The summed E-state index contributed by atoms with van der Waals surface area (Å²) in [4.78, 5) is 22.2. The first kappa shape index (κ1) is 20.5. The largest absolute Gasteiger partial charge is 0.493 e. The van der Waals surface area contributed by atoms with Gasteiger partial charge in [0.2, 0.25) is 11.7 Å². The number of benzene rings is 2. The third kappa shape index (κ3) is 4.12. The van der Waals surface area contributed by atoms with E-state index in [1.54, 1.807) is 6.07 Å². The van der Waals surface area contributed by atoms with Crippen LogP contribution in [0.2, 0.25) is 0 Å². The smallest absolute Gasteiger partial charge is 0.264 e. The molecule has 0 unspecified atom stereocenters. The van der Waals surface area contributed by atoms with Crippen LogP contribution in [-0.2, 0) is 13.1 Å². The maximum Gasteiger partial charge on any atom is 0.264 e. The van der Waals surface area contributed by atoms with Crippen LogP contribution in [0, 0.1) is 0 Å². The molecular formula is C21H26N4O4. The Labute approximate surface area is 169 Å². The molecule has 0 spiro atoms. The van der Waals surface area contributed by atoms with E-state index in [0.29, 0.717) is 40.6 Å². The lowest BCUT2D eigenvalue weighted by Crippen LogP contribution is -2.23. The van der Waals surface area contributed by atoms with E-state index in [9.17, 15) is 4.79 Å². The molecule has 0 aliphatic carbocycles. The van der Waals surface area contributed by atoms with Crippen molar-refractivity contribution in [2.24, 2.45) is 0 Å². The first-order chi connectivity index (χ1) is 14.0. The number of aromatic nitrogens is 2. The van der Waals surface area contributed by atoms with Crippen molar-refractivity contribution < 1.29 is 14.2 Å². The summed E-state index contributed by atoms with van der Waals surface area (Å²) in [7, 11) is 8.31. The van der Waals surface area contributed by atoms with Gasteiger partial charge in [-0.2, -0.15) is 0 Å². The van der Waals surface area contributed by atoms with Crippen molar-refractivity contribution in [1.29, 1.82) is 0 Å². The highest BCUT2D eigenvalue weighted by Crippen LogP contribution is 2.41. The molecule has 1 heterocycles. The average molecular weight is 398 g/mol. The number of H-pyrrole nitrogens is 1. The van der Waals surface area contributed by atoms with Crippen LogP contribution >= 0.6 is 0 Å². The topological polar surface area (TPSA) is 88.7 Å². The van der Waals surface area contributed by atoms with Gasteiger partial charge in [0, 0.05) is 26.2 Å². The monoisotopic (exact) mass is 398 g/mol. The van der Waals surface area contributed by atoms with Gasteiger partial charge in [-0.25, -0.2) is 4.98 Å².